The zero-order chi connectivity index (χ0) is 14.0. The van der Waals surface area contributed by atoms with Gasteiger partial charge in [-0.05, 0) is 38.0 Å². The van der Waals surface area contributed by atoms with Crippen molar-refractivity contribution in [2.24, 2.45) is 0 Å². The average Bonchev–Trinajstić information content (AvgIpc) is 2.38. The first-order valence-electron chi connectivity index (χ1n) is 6.38. The number of nitrogens with zero attached hydrogens (tertiary/aromatic N) is 1. The van der Waals surface area contributed by atoms with Gasteiger partial charge in [0.25, 0.3) is 0 Å². The number of carboxylic acids is 1. The molecular weight excluding hydrogens is 244 g/mol. The van der Waals surface area contributed by atoms with Gasteiger partial charge in [-0.15, -0.1) is 0 Å². The minimum absolute atomic E-state index is 0.237. The number of carboxylic acid groups (broad SMARTS) is 1. The topological polar surface area (TPSA) is 75.8 Å². The van der Waals surface area contributed by atoms with Gasteiger partial charge in [-0.1, -0.05) is 0 Å². The van der Waals surface area contributed by atoms with Crippen LogP contribution in [0.25, 0.3) is 0 Å². The summed E-state index contributed by atoms with van der Waals surface area (Å²) in [5, 5.41) is 9.28. The summed E-state index contributed by atoms with van der Waals surface area (Å²) in [5.74, 6) is -0.931. The van der Waals surface area contributed by atoms with Crippen LogP contribution in [-0.4, -0.2) is 36.9 Å². The molecule has 19 heavy (non-hydrogen) atoms. The lowest BCUT2D eigenvalue weighted by atomic mass is 9.93. The number of piperidine rings is 1. The number of ether oxygens (including phenoxy) is 1. The molecule has 1 aromatic rings. The molecule has 1 aliphatic heterocycles. The summed E-state index contributed by atoms with van der Waals surface area (Å²) < 4.78 is 5.54. The molecule has 0 radical (unpaired) electrons. The van der Waals surface area contributed by atoms with Crippen LogP contribution in [0.15, 0.2) is 18.2 Å². The number of benzene rings is 1. The van der Waals surface area contributed by atoms with E-state index in [1.807, 2.05) is 11.8 Å². The molecular formula is C14H20N2O3. The van der Waals surface area contributed by atoms with E-state index in [2.05, 4.69) is 0 Å². The molecule has 0 saturated carbocycles. The molecule has 104 valence electrons. The summed E-state index contributed by atoms with van der Waals surface area (Å²) in [4.78, 5) is 13.4. The van der Waals surface area contributed by atoms with E-state index in [-0.39, 0.29) is 11.2 Å². The molecule has 0 aliphatic carbocycles. The van der Waals surface area contributed by atoms with E-state index in [0.717, 1.165) is 19.4 Å². The van der Waals surface area contributed by atoms with Crippen molar-refractivity contribution in [1.29, 1.82) is 0 Å². The number of rotatable bonds is 3. The lowest BCUT2D eigenvalue weighted by molar-refractivity contribution is -0.00472. The number of aromatic carboxylic acids is 1. The largest absolute Gasteiger partial charge is 0.478 e. The van der Waals surface area contributed by atoms with Gasteiger partial charge in [0.1, 0.15) is 0 Å². The van der Waals surface area contributed by atoms with Crippen molar-refractivity contribution in [3.63, 3.8) is 0 Å². The fourth-order valence-corrected chi connectivity index (χ4v) is 2.57. The highest BCUT2D eigenvalue weighted by Gasteiger charge is 2.32. The average molecular weight is 264 g/mol. The van der Waals surface area contributed by atoms with E-state index in [1.165, 1.54) is 0 Å². The zero-order valence-electron chi connectivity index (χ0n) is 11.3. The summed E-state index contributed by atoms with van der Waals surface area (Å²) >= 11 is 0. The van der Waals surface area contributed by atoms with Gasteiger partial charge < -0.3 is 20.5 Å². The third kappa shape index (κ3) is 2.81. The smallest absolute Gasteiger partial charge is 0.337 e. The number of hydrogen-bond acceptors (Lipinski definition) is 4. The normalized spacial score (nSPS) is 23.4. The van der Waals surface area contributed by atoms with Crippen LogP contribution in [-0.2, 0) is 4.74 Å². The Morgan fingerprint density at radius 1 is 1.53 bits per heavy atom. The van der Waals surface area contributed by atoms with Gasteiger partial charge in [-0.2, -0.15) is 0 Å². The summed E-state index contributed by atoms with van der Waals surface area (Å²) in [6.45, 7) is 3.54. The number of methoxy groups -OCH3 is 1. The van der Waals surface area contributed by atoms with E-state index < -0.39 is 5.97 Å². The monoisotopic (exact) mass is 264 g/mol. The SMILES string of the molecule is COC1(C)CCCN(c2cc(N)ccc2C(=O)O)C1. The van der Waals surface area contributed by atoms with Crippen LogP contribution in [0, 0.1) is 0 Å². The summed E-state index contributed by atoms with van der Waals surface area (Å²) in [5.41, 5.74) is 7.08. The third-order valence-corrected chi connectivity index (χ3v) is 3.74. The Kier molecular flexibility index (Phi) is 3.66. The van der Waals surface area contributed by atoms with Gasteiger partial charge >= 0.3 is 5.97 Å². The first-order chi connectivity index (χ1) is 8.95. The van der Waals surface area contributed by atoms with Crippen LogP contribution < -0.4 is 10.6 Å². The molecule has 2 rings (SSSR count). The predicted octanol–water partition coefficient (Wildman–Crippen LogP) is 1.97. The molecule has 0 bridgehead atoms. The van der Waals surface area contributed by atoms with Crippen molar-refractivity contribution in [1.82, 2.24) is 0 Å². The number of carbonyl (C=O) groups is 1. The number of nitrogens with two attached hydrogens (primary N) is 1. The van der Waals surface area contributed by atoms with Crippen LogP contribution in [0.2, 0.25) is 0 Å². The standard InChI is InChI=1S/C14H20N2O3/c1-14(19-2)6-3-7-16(9-14)12-8-10(15)4-5-11(12)13(17)18/h4-5,8H,3,6-7,9,15H2,1-2H3,(H,17,18). The first-order valence-corrected chi connectivity index (χ1v) is 6.38. The first kappa shape index (κ1) is 13.7. The highest BCUT2D eigenvalue weighted by atomic mass is 16.5. The molecule has 1 unspecified atom stereocenters. The number of hydrogen-bond donors (Lipinski definition) is 2. The summed E-state index contributed by atoms with van der Waals surface area (Å²) in [6, 6.07) is 4.91. The van der Waals surface area contributed by atoms with Crippen LogP contribution in [0.5, 0.6) is 0 Å². The van der Waals surface area contributed by atoms with Crippen molar-refractivity contribution in [3.05, 3.63) is 23.8 Å². The Morgan fingerprint density at radius 3 is 2.89 bits per heavy atom. The van der Waals surface area contributed by atoms with Gasteiger partial charge in [0.05, 0.1) is 16.9 Å². The number of anilines is 2. The van der Waals surface area contributed by atoms with Crippen molar-refractivity contribution in [2.75, 3.05) is 30.8 Å². The Balaban J connectivity index is 2.35. The second-order valence-corrected chi connectivity index (χ2v) is 5.26. The highest BCUT2D eigenvalue weighted by Crippen LogP contribution is 2.31. The molecule has 0 amide bonds. The molecule has 1 heterocycles. The predicted molar refractivity (Wildman–Crippen MR) is 74.7 cm³/mol. The van der Waals surface area contributed by atoms with Gasteiger partial charge in [-0.3, -0.25) is 0 Å². The second kappa shape index (κ2) is 5.09. The quantitative estimate of drug-likeness (QED) is 0.816. The Hall–Kier alpha value is -1.75. The molecule has 5 heteroatoms. The molecule has 1 atom stereocenters. The number of nitrogen functional groups attached to an aromatic ring is 1. The molecule has 0 aromatic heterocycles. The third-order valence-electron chi connectivity index (χ3n) is 3.74. The van der Waals surface area contributed by atoms with Gasteiger partial charge in [0.2, 0.25) is 0 Å². The van der Waals surface area contributed by atoms with Gasteiger partial charge in [0, 0.05) is 25.9 Å². The molecule has 1 aliphatic rings. The minimum Gasteiger partial charge on any atom is -0.478 e. The molecule has 3 N–H and O–H groups in total. The van der Waals surface area contributed by atoms with Gasteiger partial charge in [-0.25, -0.2) is 4.79 Å². The molecule has 1 aromatic carbocycles. The summed E-state index contributed by atoms with van der Waals surface area (Å²) in [7, 11) is 1.70. The summed E-state index contributed by atoms with van der Waals surface area (Å²) in [6.07, 6.45) is 1.95. The van der Waals surface area contributed by atoms with Crippen LogP contribution >= 0.6 is 0 Å². The van der Waals surface area contributed by atoms with Crippen molar-refractivity contribution >= 4 is 17.3 Å². The molecule has 1 saturated heterocycles. The van der Waals surface area contributed by atoms with E-state index in [1.54, 1.807) is 25.3 Å². The maximum absolute atomic E-state index is 11.3. The Bertz CT molecular complexity index is 490. The lowest BCUT2D eigenvalue weighted by Crippen LogP contribution is -2.47. The van der Waals surface area contributed by atoms with Crippen LogP contribution in [0.3, 0.4) is 0 Å². The maximum atomic E-state index is 11.3. The Labute approximate surface area is 113 Å². The molecule has 5 nitrogen and oxygen atoms in total. The van der Waals surface area contributed by atoms with E-state index in [9.17, 15) is 9.90 Å². The van der Waals surface area contributed by atoms with Crippen molar-refractivity contribution in [2.45, 2.75) is 25.4 Å². The van der Waals surface area contributed by atoms with E-state index in [4.69, 9.17) is 10.5 Å². The Morgan fingerprint density at radius 2 is 2.26 bits per heavy atom. The lowest BCUT2D eigenvalue weighted by Gasteiger charge is -2.41. The van der Waals surface area contributed by atoms with Crippen molar-refractivity contribution in [3.8, 4) is 0 Å². The maximum Gasteiger partial charge on any atom is 0.337 e. The molecule has 0 spiro atoms. The van der Waals surface area contributed by atoms with Crippen molar-refractivity contribution < 1.29 is 14.6 Å². The molecule has 1 fully saturated rings. The van der Waals surface area contributed by atoms with Gasteiger partial charge in [0.15, 0.2) is 0 Å². The van der Waals surface area contributed by atoms with Crippen LogP contribution in [0.1, 0.15) is 30.1 Å². The zero-order valence-corrected chi connectivity index (χ0v) is 11.3. The fraction of sp³-hybridized carbons (Fsp3) is 0.500. The second-order valence-electron chi connectivity index (χ2n) is 5.26. The highest BCUT2D eigenvalue weighted by molar-refractivity contribution is 5.95. The van der Waals surface area contributed by atoms with E-state index >= 15 is 0 Å². The van der Waals surface area contributed by atoms with Crippen LogP contribution in [0.4, 0.5) is 11.4 Å². The van der Waals surface area contributed by atoms with E-state index in [0.29, 0.717) is 17.9 Å². The fourth-order valence-electron chi connectivity index (χ4n) is 2.57. The minimum atomic E-state index is -0.931.